The van der Waals surface area contributed by atoms with Crippen molar-refractivity contribution in [2.45, 2.75) is 56.8 Å². The average Bonchev–Trinajstić information content (AvgIpc) is 3.56. The average molecular weight is 635 g/mol. The van der Waals surface area contributed by atoms with Gasteiger partial charge in [-0.1, -0.05) is 92.7 Å². The van der Waals surface area contributed by atoms with Gasteiger partial charge < -0.3 is 0 Å². The van der Waals surface area contributed by atoms with E-state index in [-0.39, 0.29) is 10.8 Å². The van der Waals surface area contributed by atoms with Crippen LogP contribution >= 0.6 is 0 Å². The molecule has 0 atom stereocenters. The number of fused-ring (bicyclic) bond motifs is 6. The maximum atomic E-state index is 5.24. The zero-order valence-electron chi connectivity index (χ0n) is 28.0. The molecule has 4 fully saturated rings. The van der Waals surface area contributed by atoms with Crippen molar-refractivity contribution in [1.29, 1.82) is 0 Å². The number of aromatic nitrogens is 4. The normalized spacial score (nSPS) is 26.0. The number of pyridine rings is 1. The standard InChI is InChI=1S/C45H38N4/c1-44(2)37-11-7-6-10-33(37)34-14-12-30(24-40(34)44)43-48-41(28-8-4-3-5-9-28)47-42(49-43)29-13-15-38-35(23-29)36-25-46-17-16-39(36)45(38)31-19-26-18-27(21-31)22-32(45)20-26/h3-17,23-27,31-32H,18-22H2,1-2H3. The van der Waals surface area contributed by atoms with Gasteiger partial charge in [0.2, 0.25) is 0 Å². The van der Waals surface area contributed by atoms with Gasteiger partial charge >= 0.3 is 0 Å². The van der Waals surface area contributed by atoms with Crippen molar-refractivity contribution in [3.05, 3.63) is 132 Å². The Bertz CT molecular complexity index is 2310. The van der Waals surface area contributed by atoms with Gasteiger partial charge in [-0.2, -0.15) is 0 Å². The van der Waals surface area contributed by atoms with E-state index in [1.807, 2.05) is 12.3 Å². The Balaban J connectivity index is 1.08. The number of rotatable bonds is 3. The topological polar surface area (TPSA) is 51.6 Å². The second-order valence-corrected chi connectivity index (χ2v) is 16.0. The van der Waals surface area contributed by atoms with E-state index in [0.717, 1.165) is 40.4 Å². The molecule has 0 amide bonds. The van der Waals surface area contributed by atoms with Gasteiger partial charge in [0.1, 0.15) is 0 Å². The first-order chi connectivity index (χ1) is 24.0. The van der Waals surface area contributed by atoms with E-state index in [4.69, 9.17) is 15.0 Å². The lowest BCUT2D eigenvalue weighted by atomic mass is 9.43. The summed E-state index contributed by atoms with van der Waals surface area (Å²) >= 11 is 0. The van der Waals surface area contributed by atoms with E-state index in [1.165, 1.54) is 76.6 Å². The molecule has 6 aliphatic carbocycles. The van der Waals surface area contributed by atoms with Gasteiger partial charge in [-0.05, 0) is 113 Å². The van der Waals surface area contributed by atoms with E-state index < -0.39 is 0 Å². The predicted molar refractivity (Wildman–Crippen MR) is 195 cm³/mol. The molecule has 4 bridgehead atoms. The lowest BCUT2D eigenvalue weighted by Crippen LogP contribution is -2.55. The van der Waals surface area contributed by atoms with Crippen molar-refractivity contribution in [2.75, 3.05) is 0 Å². The van der Waals surface area contributed by atoms with E-state index in [2.05, 4.69) is 116 Å². The minimum Gasteiger partial charge on any atom is -0.264 e. The van der Waals surface area contributed by atoms with Crippen LogP contribution in [0.1, 0.15) is 68.2 Å². The van der Waals surface area contributed by atoms with Gasteiger partial charge in [-0.15, -0.1) is 0 Å². The first kappa shape index (κ1) is 27.9. The van der Waals surface area contributed by atoms with Gasteiger partial charge in [-0.25, -0.2) is 15.0 Å². The Morgan fingerprint density at radius 2 is 1.10 bits per heavy atom. The summed E-state index contributed by atoms with van der Waals surface area (Å²) < 4.78 is 0. The van der Waals surface area contributed by atoms with Crippen molar-refractivity contribution >= 4 is 0 Å². The van der Waals surface area contributed by atoms with Gasteiger partial charge in [0, 0.05) is 45.5 Å². The van der Waals surface area contributed by atoms with Crippen molar-refractivity contribution < 1.29 is 0 Å². The van der Waals surface area contributed by atoms with Crippen LogP contribution < -0.4 is 0 Å². The molecule has 1 spiro atoms. The van der Waals surface area contributed by atoms with Gasteiger partial charge in [0.05, 0.1) is 0 Å². The van der Waals surface area contributed by atoms with Crippen LogP contribution in [0.2, 0.25) is 0 Å². The largest absolute Gasteiger partial charge is 0.264 e. The predicted octanol–water partition coefficient (Wildman–Crippen LogP) is 10.3. The summed E-state index contributed by atoms with van der Waals surface area (Å²) in [7, 11) is 0. The van der Waals surface area contributed by atoms with E-state index in [9.17, 15) is 0 Å². The maximum Gasteiger partial charge on any atom is 0.164 e. The number of nitrogens with zero attached hydrogens (tertiary/aromatic N) is 4. The van der Waals surface area contributed by atoms with Gasteiger partial charge in [-0.3, -0.25) is 4.98 Å². The molecule has 2 heterocycles. The molecule has 0 unspecified atom stereocenters. The second kappa shape index (κ2) is 9.81. The van der Waals surface area contributed by atoms with Crippen LogP contribution in [-0.2, 0) is 10.8 Å². The quantitative estimate of drug-likeness (QED) is 0.194. The minimum atomic E-state index is -0.102. The molecule has 0 N–H and O–H groups in total. The Hall–Kier alpha value is -4.96. The zero-order chi connectivity index (χ0) is 32.5. The highest BCUT2D eigenvalue weighted by Gasteiger charge is 2.61. The third-order valence-corrected chi connectivity index (χ3v) is 13.2. The van der Waals surface area contributed by atoms with Crippen LogP contribution in [-0.4, -0.2) is 19.9 Å². The van der Waals surface area contributed by atoms with Crippen LogP contribution in [0.5, 0.6) is 0 Å². The van der Waals surface area contributed by atoms with Crippen molar-refractivity contribution in [3.63, 3.8) is 0 Å². The molecule has 49 heavy (non-hydrogen) atoms. The lowest BCUT2D eigenvalue weighted by molar-refractivity contribution is -0.0399. The Morgan fingerprint density at radius 1 is 0.490 bits per heavy atom. The third-order valence-electron chi connectivity index (χ3n) is 13.2. The van der Waals surface area contributed by atoms with Crippen LogP contribution in [0.15, 0.2) is 109 Å². The second-order valence-electron chi connectivity index (χ2n) is 16.0. The fraction of sp³-hybridized carbons (Fsp3) is 0.289. The van der Waals surface area contributed by atoms with E-state index in [1.54, 1.807) is 0 Å². The van der Waals surface area contributed by atoms with Crippen LogP contribution in [0.25, 0.3) is 56.4 Å². The maximum absolute atomic E-state index is 5.24. The molecule has 0 saturated heterocycles. The molecule has 0 aliphatic heterocycles. The minimum absolute atomic E-state index is 0.102. The van der Waals surface area contributed by atoms with E-state index >= 15 is 0 Å². The summed E-state index contributed by atoms with van der Waals surface area (Å²) in [4.78, 5) is 20.2. The molecule has 2 aromatic heterocycles. The highest BCUT2D eigenvalue weighted by atomic mass is 15.0. The molecular formula is C45H38N4. The summed E-state index contributed by atoms with van der Waals surface area (Å²) in [6.07, 6.45) is 11.1. The Labute approximate surface area is 287 Å². The molecule has 4 aromatic carbocycles. The third kappa shape index (κ3) is 3.75. The summed E-state index contributed by atoms with van der Waals surface area (Å²) in [5, 5.41) is 0. The molecular weight excluding hydrogens is 597 g/mol. The van der Waals surface area contributed by atoms with Crippen LogP contribution in [0.4, 0.5) is 0 Å². The molecule has 0 radical (unpaired) electrons. The molecule has 4 saturated carbocycles. The highest BCUT2D eigenvalue weighted by Crippen LogP contribution is 2.69. The van der Waals surface area contributed by atoms with Crippen molar-refractivity contribution in [1.82, 2.24) is 19.9 Å². The summed E-state index contributed by atoms with van der Waals surface area (Å²) in [6, 6.07) is 35.3. The van der Waals surface area contributed by atoms with Gasteiger partial charge in [0.25, 0.3) is 0 Å². The number of benzene rings is 4. The van der Waals surface area contributed by atoms with Crippen LogP contribution in [0.3, 0.4) is 0 Å². The fourth-order valence-electron chi connectivity index (χ4n) is 11.4. The highest BCUT2D eigenvalue weighted by molar-refractivity contribution is 5.85. The molecule has 12 rings (SSSR count). The lowest BCUT2D eigenvalue weighted by Gasteiger charge is -2.61. The number of hydrogen-bond donors (Lipinski definition) is 0. The van der Waals surface area contributed by atoms with Crippen LogP contribution in [0, 0.1) is 23.7 Å². The smallest absolute Gasteiger partial charge is 0.164 e. The zero-order valence-corrected chi connectivity index (χ0v) is 28.0. The molecule has 6 aliphatic rings. The van der Waals surface area contributed by atoms with Crippen molar-refractivity contribution in [2.24, 2.45) is 23.7 Å². The Kier molecular flexibility index (Phi) is 5.60. The Morgan fingerprint density at radius 3 is 1.86 bits per heavy atom. The summed E-state index contributed by atoms with van der Waals surface area (Å²) in [5.41, 5.74) is 14.0. The molecule has 4 nitrogen and oxygen atoms in total. The molecule has 4 heteroatoms. The first-order valence-electron chi connectivity index (χ1n) is 18.1. The molecule has 6 aromatic rings. The monoisotopic (exact) mass is 634 g/mol. The summed E-state index contributed by atoms with van der Waals surface area (Å²) in [6.45, 7) is 4.65. The van der Waals surface area contributed by atoms with Gasteiger partial charge in [0.15, 0.2) is 17.5 Å². The first-order valence-corrected chi connectivity index (χ1v) is 18.1. The van der Waals surface area contributed by atoms with E-state index in [0.29, 0.717) is 17.5 Å². The van der Waals surface area contributed by atoms with Crippen molar-refractivity contribution in [3.8, 4) is 56.4 Å². The molecule has 238 valence electrons. The summed E-state index contributed by atoms with van der Waals surface area (Å²) in [5.74, 6) is 5.40. The fourth-order valence-corrected chi connectivity index (χ4v) is 11.4. The number of hydrogen-bond acceptors (Lipinski definition) is 4. The SMILES string of the molecule is CC1(C)c2ccccc2-c2ccc(-c3nc(-c4ccccc4)nc(-c4ccc5c(c4)-c4cnccc4C54C5CC6CC(C5)CC4C6)n3)cc21.